The Morgan fingerprint density at radius 1 is 1.59 bits per heavy atom. The first-order valence-corrected chi connectivity index (χ1v) is 7.92. The minimum Gasteiger partial charge on any atom is -0.320 e. The lowest BCUT2D eigenvalue weighted by atomic mass is 10.2. The van der Waals surface area contributed by atoms with Gasteiger partial charge in [0.25, 0.3) is 0 Å². The summed E-state index contributed by atoms with van der Waals surface area (Å²) in [6.07, 6.45) is 0. The largest absolute Gasteiger partial charge is 0.320 e. The molecule has 92 valence electrons. The van der Waals surface area contributed by atoms with E-state index in [2.05, 4.69) is 46.9 Å². The van der Waals surface area contributed by atoms with Crippen LogP contribution in [0.3, 0.4) is 0 Å². The van der Waals surface area contributed by atoms with E-state index in [1.807, 2.05) is 0 Å². The lowest BCUT2D eigenvalue weighted by Gasteiger charge is -2.32. The lowest BCUT2D eigenvalue weighted by molar-refractivity contribution is 0.226. The van der Waals surface area contributed by atoms with E-state index in [4.69, 9.17) is 5.73 Å². The highest BCUT2D eigenvalue weighted by Gasteiger charge is 2.19. The summed E-state index contributed by atoms with van der Waals surface area (Å²) in [6.45, 7) is 4.97. The quantitative estimate of drug-likeness (QED) is 0.830. The van der Waals surface area contributed by atoms with Gasteiger partial charge >= 0.3 is 0 Å². The first-order valence-electron chi connectivity index (χ1n) is 5.88. The third kappa shape index (κ3) is 3.49. The topological polar surface area (TPSA) is 29.3 Å². The molecule has 4 heteroatoms. The molecule has 1 aromatic heterocycles. The molecule has 0 aliphatic carbocycles. The Bertz CT molecular complexity index is 417. The number of hydrogen-bond donors (Lipinski definition) is 1. The number of thiophene rings is 1. The molecule has 0 radical (unpaired) electrons. The number of nitrogens with two attached hydrogens (primary N) is 1. The summed E-state index contributed by atoms with van der Waals surface area (Å²) in [5.74, 6) is 8.60. The standard InChI is InChI=1S/C13H18N2S2/c1-11-10-16-8-6-15(11)9-13-12(3-2-5-14)4-7-17-13/h4,7,11H,5-6,8-10,14H2,1H3. The molecule has 2 rings (SSSR count). The molecule has 0 amide bonds. The van der Waals surface area contributed by atoms with Crippen molar-refractivity contribution < 1.29 is 0 Å². The van der Waals surface area contributed by atoms with Crippen LogP contribution in [0.25, 0.3) is 0 Å². The van der Waals surface area contributed by atoms with Crippen molar-refractivity contribution in [1.29, 1.82) is 0 Å². The van der Waals surface area contributed by atoms with Gasteiger partial charge in [-0.2, -0.15) is 11.8 Å². The van der Waals surface area contributed by atoms with Gasteiger partial charge in [0.15, 0.2) is 0 Å². The zero-order valence-electron chi connectivity index (χ0n) is 10.1. The molecular weight excluding hydrogens is 248 g/mol. The third-order valence-electron chi connectivity index (χ3n) is 2.92. The van der Waals surface area contributed by atoms with Crippen molar-refractivity contribution in [1.82, 2.24) is 4.90 Å². The highest BCUT2D eigenvalue weighted by Crippen LogP contribution is 2.23. The van der Waals surface area contributed by atoms with E-state index in [1.54, 1.807) is 11.3 Å². The summed E-state index contributed by atoms with van der Waals surface area (Å²) in [5, 5.41) is 2.12. The van der Waals surface area contributed by atoms with Crippen LogP contribution in [0.5, 0.6) is 0 Å². The van der Waals surface area contributed by atoms with Crippen molar-refractivity contribution in [3.05, 3.63) is 21.9 Å². The van der Waals surface area contributed by atoms with Gasteiger partial charge in [-0.15, -0.1) is 11.3 Å². The monoisotopic (exact) mass is 266 g/mol. The van der Waals surface area contributed by atoms with Crippen LogP contribution in [0.15, 0.2) is 11.4 Å². The Kier molecular flexibility index (Phi) is 4.93. The maximum atomic E-state index is 5.42. The second-order valence-electron chi connectivity index (χ2n) is 4.16. The number of hydrogen-bond acceptors (Lipinski definition) is 4. The van der Waals surface area contributed by atoms with Gasteiger partial charge in [-0.25, -0.2) is 0 Å². The van der Waals surface area contributed by atoms with Gasteiger partial charge in [0.05, 0.1) is 6.54 Å². The molecule has 17 heavy (non-hydrogen) atoms. The van der Waals surface area contributed by atoms with E-state index in [9.17, 15) is 0 Å². The van der Waals surface area contributed by atoms with Crippen LogP contribution in [0.2, 0.25) is 0 Å². The van der Waals surface area contributed by atoms with Gasteiger partial charge < -0.3 is 5.73 Å². The summed E-state index contributed by atoms with van der Waals surface area (Å²) in [4.78, 5) is 3.93. The SMILES string of the molecule is CC1CSCCN1Cc1sccc1C#CCN. The molecule has 1 aromatic rings. The molecule has 1 unspecified atom stereocenters. The van der Waals surface area contributed by atoms with Gasteiger partial charge in [0.1, 0.15) is 0 Å². The lowest BCUT2D eigenvalue weighted by Crippen LogP contribution is -2.39. The van der Waals surface area contributed by atoms with Crippen molar-refractivity contribution in [2.24, 2.45) is 5.73 Å². The molecule has 2 nitrogen and oxygen atoms in total. The van der Waals surface area contributed by atoms with E-state index in [-0.39, 0.29) is 0 Å². The first kappa shape index (κ1) is 13.0. The van der Waals surface area contributed by atoms with Gasteiger partial charge in [0, 0.05) is 41.1 Å². The maximum absolute atomic E-state index is 5.42. The fourth-order valence-corrected chi connectivity index (χ4v) is 3.84. The molecule has 1 saturated heterocycles. The second-order valence-corrected chi connectivity index (χ2v) is 6.31. The Hall–Kier alpha value is -0.470. The van der Waals surface area contributed by atoms with Crippen LogP contribution in [0, 0.1) is 11.8 Å². The molecule has 0 spiro atoms. The van der Waals surface area contributed by atoms with Crippen LogP contribution in [-0.4, -0.2) is 35.5 Å². The van der Waals surface area contributed by atoms with E-state index in [0.717, 1.165) is 12.1 Å². The van der Waals surface area contributed by atoms with Crippen LogP contribution in [-0.2, 0) is 6.54 Å². The fourth-order valence-electron chi connectivity index (χ4n) is 1.90. The molecule has 1 fully saturated rings. The second kappa shape index (κ2) is 6.46. The molecule has 0 bridgehead atoms. The first-order chi connectivity index (χ1) is 8.31. The number of nitrogens with zero attached hydrogens (tertiary/aromatic N) is 1. The Labute approximate surface area is 112 Å². The van der Waals surface area contributed by atoms with Crippen LogP contribution in [0.4, 0.5) is 0 Å². The molecular formula is C13H18N2S2. The predicted molar refractivity (Wildman–Crippen MR) is 77.4 cm³/mol. The predicted octanol–water partition coefficient (Wildman–Crippen LogP) is 2.00. The Morgan fingerprint density at radius 2 is 2.47 bits per heavy atom. The normalized spacial score (nSPS) is 20.9. The summed E-state index contributed by atoms with van der Waals surface area (Å²) in [5.41, 5.74) is 6.58. The van der Waals surface area contributed by atoms with E-state index in [1.165, 1.54) is 22.9 Å². The molecule has 1 atom stereocenters. The van der Waals surface area contributed by atoms with E-state index < -0.39 is 0 Å². The minimum atomic E-state index is 0.437. The summed E-state index contributed by atoms with van der Waals surface area (Å²) in [7, 11) is 0. The molecule has 1 aliphatic heterocycles. The fraction of sp³-hybridized carbons (Fsp3) is 0.538. The van der Waals surface area contributed by atoms with Crippen molar-refractivity contribution in [3.8, 4) is 11.8 Å². The Morgan fingerprint density at radius 3 is 3.24 bits per heavy atom. The van der Waals surface area contributed by atoms with Gasteiger partial charge in [0.2, 0.25) is 0 Å². The highest BCUT2D eigenvalue weighted by atomic mass is 32.2. The van der Waals surface area contributed by atoms with Crippen molar-refractivity contribution in [2.45, 2.75) is 19.5 Å². The summed E-state index contributed by atoms with van der Waals surface area (Å²) in [6, 6.07) is 2.78. The molecule has 0 saturated carbocycles. The van der Waals surface area contributed by atoms with E-state index in [0.29, 0.717) is 12.6 Å². The molecule has 0 aromatic carbocycles. The average Bonchev–Trinajstić information content (AvgIpc) is 2.77. The number of rotatable bonds is 2. The van der Waals surface area contributed by atoms with Crippen molar-refractivity contribution in [2.75, 3.05) is 24.6 Å². The molecule has 1 aliphatic rings. The zero-order valence-corrected chi connectivity index (χ0v) is 11.7. The Balaban J connectivity index is 2.05. The van der Waals surface area contributed by atoms with Crippen LogP contribution >= 0.6 is 23.1 Å². The smallest absolute Gasteiger partial charge is 0.0555 e. The van der Waals surface area contributed by atoms with Crippen LogP contribution < -0.4 is 5.73 Å². The highest BCUT2D eigenvalue weighted by molar-refractivity contribution is 7.99. The summed E-state index contributed by atoms with van der Waals surface area (Å²) < 4.78 is 0. The minimum absolute atomic E-state index is 0.437. The zero-order chi connectivity index (χ0) is 12.1. The molecule has 2 N–H and O–H groups in total. The molecule has 2 heterocycles. The van der Waals surface area contributed by atoms with E-state index >= 15 is 0 Å². The number of thioether (sulfide) groups is 1. The maximum Gasteiger partial charge on any atom is 0.0555 e. The third-order valence-corrected chi connectivity index (χ3v) is 5.02. The average molecular weight is 266 g/mol. The van der Waals surface area contributed by atoms with Gasteiger partial charge in [-0.1, -0.05) is 11.8 Å². The van der Waals surface area contributed by atoms with Gasteiger partial charge in [-0.3, -0.25) is 4.90 Å². The van der Waals surface area contributed by atoms with Crippen LogP contribution in [0.1, 0.15) is 17.4 Å². The van der Waals surface area contributed by atoms with Crippen molar-refractivity contribution in [3.63, 3.8) is 0 Å². The van der Waals surface area contributed by atoms with Gasteiger partial charge in [-0.05, 0) is 18.4 Å². The van der Waals surface area contributed by atoms with Crippen molar-refractivity contribution >= 4 is 23.1 Å². The summed E-state index contributed by atoms with van der Waals surface area (Å²) >= 11 is 3.86.